The van der Waals surface area contributed by atoms with Crippen molar-refractivity contribution >= 4 is 33.6 Å². The second kappa shape index (κ2) is 9.43. The Morgan fingerprint density at radius 3 is 2.50 bits per heavy atom. The Labute approximate surface area is 198 Å². The highest BCUT2D eigenvalue weighted by Crippen LogP contribution is 2.27. The fourth-order valence-corrected chi connectivity index (χ4v) is 4.88. The van der Waals surface area contributed by atoms with Gasteiger partial charge in [0.25, 0.3) is 5.91 Å². The molecule has 1 fully saturated rings. The highest BCUT2D eigenvalue weighted by molar-refractivity contribution is 7.89. The van der Waals surface area contributed by atoms with Crippen LogP contribution in [0.5, 0.6) is 5.75 Å². The van der Waals surface area contributed by atoms with Gasteiger partial charge in [-0.1, -0.05) is 24.3 Å². The van der Waals surface area contributed by atoms with E-state index in [4.69, 9.17) is 4.74 Å². The minimum atomic E-state index is -3.71. The van der Waals surface area contributed by atoms with Crippen molar-refractivity contribution in [3.63, 3.8) is 0 Å². The molecule has 0 aromatic heterocycles. The fourth-order valence-electron chi connectivity index (χ4n) is 3.74. The van der Waals surface area contributed by atoms with Crippen LogP contribution in [0.4, 0.5) is 10.5 Å². The molecule has 4 amide bonds. The van der Waals surface area contributed by atoms with Gasteiger partial charge in [0.05, 0.1) is 12.0 Å². The number of rotatable bonds is 8. The van der Waals surface area contributed by atoms with E-state index in [0.717, 1.165) is 14.8 Å². The lowest BCUT2D eigenvalue weighted by molar-refractivity contribution is -0.133. The molecule has 182 valence electrons. The van der Waals surface area contributed by atoms with Crippen molar-refractivity contribution in [2.24, 2.45) is 0 Å². The first-order valence-electron chi connectivity index (χ1n) is 10.5. The van der Waals surface area contributed by atoms with Crippen LogP contribution in [-0.2, 0) is 26.0 Å². The van der Waals surface area contributed by atoms with Gasteiger partial charge in [0.15, 0.2) is 0 Å². The molecular weight excluding hydrogens is 460 g/mol. The summed E-state index contributed by atoms with van der Waals surface area (Å²) in [4.78, 5) is 39.1. The van der Waals surface area contributed by atoms with Crippen molar-refractivity contribution in [1.29, 1.82) is 0 Å². The van der Waals surface area contributed by atoms with Crippen LogP contribution in [-0.4, -0.2) is 68.8 Å². The minimum absolute atomic E-state index is 0.0506. The van der Waals surface area contributed by atoms with E-state index in [1.54, 1.807) is 50.2 Å². The molecule has 1 aliphatic rings. The van der Waals surface area contributed by atoms with Gasteiger partial charge in [0.1, 0.15) is 17.8 Å². The van der Waals surface area contributed by atoms with Crippen molar-refractivity contribution < 1.29 is 27.5 Å². The third kappa shape index (κ3) is 4.90. The van der Waals surface area contributed by atoms with Crippen molar-refractivity contribution in [2.45, 2.75) is 30.7 Å². The highest BCUT2D eigenvalue weighted by Gasteiger charge is 2.48. The SMILES string of the molecule is COc1ccccc1C[C@]1(C)NC(=O)N(CC(=O)Nc2ccc(C)c(S(=O)(=O)N(C)C)c2)C1=O. The monoisotopic (exact) mass is 488 g/mol. The number of methoxy groups -OCH3 is 1. The number of imide groups is 1. The largest absolute Gasteiger partial charge is 0.496 e. The van der Waals surface area contributed by atoms with Crippen LogP contribution in [0.1, 0.15) is 18.1 Å². The molecule has 1 aliphatic heterocycles. The first-order chi connectivity index (χ1) is 15.9. The number of hydrogen-bond acceptors (Lipinski definition) is 6. The van der Waals surface area contributed by atoms with Gasteiger partial charge in [-0.05, 0) is 43.2 Å². The lowest BCUT2D eigenvalue weighted by Crippen LogP contribution is -2.46. The Morgan fingerprint density at radius 2 is 1.85 bits per heavy atom. The zero-order valence-corrected chi connectivity index (χ0v) is 20.5. The molecule has 3 rings (SSSR count). The zero-order valence-electron chi connectivity index (χ0n) is 19.7. The summed E-state index contributed by atoms with van der Waals surface area (Å²) in [6.45, 7) is 2.73. The number of carbonyl (C=O) groups excluding carboxylic acids is 3. The van der Waals surface area contributed by atoms with Crippen LogP contribution in [0.15, 0.2) is 47.4 Å². The van der Waals surface area contributed by atoms with Gasteiger partial charge in [-0.25, -0.2) is 17.5 Å². The Morgan fingerprint density at radius 1 is 1.18 bits per heavy atom. The van der Waals surface area contributed by atoms with E-state index >= 15 is 0 Å². The molecular formula is C23H28N4O6S. The first kappa shape index (κ1) is 25.2. The predicted molar refractivity (Wildman–Crippen MR) is 126 cm³/mol. The molecule has 1 atom stereocenters. The number of aryl methyl sites for hydroxylation is 1. The van der Waals surface area contributed by atoms with Crippen LogP contribution in [0, 0.1) is 6.92 Å². The number of hydrogen-bond donors (Lipinski definition) is 2. The van der Waals surface area contributed by atoms with E-state index in [1.807, 2.05) is 0 Å². The predicted octanol–water partition coefficient (Wildman–Crippen LogP) is 1.75. The molecule has 34 heavy (non-hydrogen) atoms. The van der Waals surface area contributed by atoms with Crippen LogP contribution in [0.3, 0.4) is 0 Å². The Balaban J connectivity index is 1.75. The molecule has 11 heteroatoms. The molecule has 0 unspecified atom stereocenters. The van der Waals surface area contributed by atoms with E-state index < -0.39 is 40.0 Å². The standard InChI is InChI=1S/C23H28N4O6S/c1-15-10-11-17(12-19(15)34(31,32)26(3)4)24-20(28)14-27-21(29)23(2,25-22(27)30)13-16-8-6-7-9-18(16)33-5/h6-12H,13-14H2,1-5H3,(H,24,28)(H,25,30)/t23-/m0/s1. The second-order valence-corrected chi connectivity index (χ2v) is 10.6. The smallest absolute Gasteiger partial charge is 0.325 e. The van der Waals surface area contributed by atoms with Crippen molar-refractivity contribution in [1.82, 2.24) is 14.5 Å². The summed E-state index contributed by atoms with van der Waals surface area (Å²) in [5, 5.41) is 5.23. The number of anilines is 1. The summed E-state index contributed by atoms with van der Waals surface area (Å²) in [5.41, 5.74) is 0.248. The Kier molecular flexibility index (Phi) is 6.99. The summed E-state index contributed by atoms with van der Waals surface area (Å²) in [6, 6.07) is 11.0. The number of urea groups is 1. The first-order valence-corrected chi connectivity index (χ1v) is 11.9. The summed E-state index contributed by atoms with van der Waals surface area (Å²) in [7, 11) is 0.640. The number of ether oxygens (including phenoxy) is 1. The van der Waals surface area contributed by atoms with Gasteiger partial charge in [0.2, 0.25) is 15.9 Å². The number of benzene rings is 2. The fraction of sp³-hybridized carbons (Fsp3) is 0.348. The normalized spacial score (nSPS) is 18.2. The molecule has 0 aliphatic carbocycles. The molecule has 0 spiro atoms. The van der Waals surface area contributed by atoms with Gasteiger partial charge < -0.3 is 15.4 Å². The Bertz CT molecular complexity index is 1240. The van der Waals surface area contributed by atoms with Crippen LogP contribution < -0.4 is 15.4 Å². The zero-order chi connectivity index (χ0) is 25.3. The quantitative estimate of drug-likeness (QED) is 0.546. The number of sulfonamides is 1. The van der Waals surface area contributed by atoms with E-state index in [1.165, 1.54) is 27.3 Å². The lowest BCUT2D eigenvalue weighted by Gasteiger charge is -2.22. The van der Waals surface area contributed by atoms with Crippen LogP contribution >= 0.6 is 0 Å². The average molecular weight is 489 g/mol. The molecule has 2 aromatic rings. The molecule has 0 bridgehead atoms. The topological polar surface area (TPSA) is 125 Å². The third-order valence-corrected chi connectivity index (χ3v) is 7.57. The maximum Gasteiger partial charge on any atom is 0.325 e. The highest BCUT2D eigenvalue weighted by atomic mass is 32.2. The van der Waals surface area contributed by atoms with Crippen molar-refractivity contribution in [2.75, 3.05) is 33.1 Å². The van der Waals surface area contributed by atoms with E-state index in [0.29, 0.717) is 11.3 Å². The number of amides is 4. The number of para-hydroxylation sites is 1. The Hall–Kier alpha value is -3.44. The van der Waals surface area contributed by atoms with Crippen molar-refractivity contribution in [3.05, 3.63) is 53.6 Å². The second-order valence-electron chi connectivity index (χ2n) is 8.46. The summed E-state index contributed by atoms with van der Waals surface area (Å²) < 4.78 is 31.5. The molecule has 2 N–H and O–H groups in total. The van der Waals surface area contributed by atoms with Gasteiger partial charge in [-0.2, -0.15) is 0 Å². The summed E-state index contributed by atoms with van der Waals surface area (Å²) >= 11 is 0. The molecule has 2 aromatic carbocycles. The molecule has 1 heterocycles. The van der Waals surface area contributed by atoms with Gasteiger partial charge in [-0.15, -0.1) is 0 Å². The molecule has 0 saturated carbocycles. The molecule has 10 nitrogen and oxygen atoms in total. The third-order valence-electron chi connectivity index (χ3n) is 5.61. The van der Waals surface area contributed by atoms with Gasteiger partial charge >= 0.3 is 6.03 Å². The number of carbonyl (C=O) groups is 3. The van der Waals surface area contributed by atoms with E-state index in [9.17, 15) is 22.8 Å². The van der Waals surface area contributed by atoms with E-state index in [-0.39, 0.29) is 17.0 Å². The average Bonchev–Trinajstić information content (AvgIpc) is 2.98. The maximum absolute atomic E-state index is 13.1. The van der Waals surface area contributed by atoms with E-state index in [2.05, 4.69) is 10.6 Å². The number of nitrogens with zero attached hydrogens (tertiary/aromatic N) is 2. The minimum Gasteiger partial charge on any atom is -0.496 e. The number of nitrogens with one attached hydrogen (secondary N) is 2. The molecule has 0 radical (unpaired) electrons. The molecule has 1 saturated heterocycles. The van der Waals surface area contributed by atoms with Crippen molar-refractivity contribution in [3.8, 4) is 5.75 Å². The van der Waals surface area contributed by atoms with Gasteiger partial charge in [0, 0.05) is 26.2 Å². The maximum atomic E-state index is 13.1. The lowest BCUT2D eigenvalue weighted by atomic mass is 9.92. The van der Waals surface area contributed by atoms with Crippen LogP contribution in [0.2, 0.25) is 0 Å². The van der Waals surface area contributed by atoms with Crippen LogP contribution in [0.25, 0.3) is 0 Å². The summed E-state index contributed by atoms with van der Waals surface area (Å²) in [6.07, 6.45) is 0.184. The van der Waals surface area contributed by atoms with Gasteiger partial charge in [-0.3, -0.25) is 14.5 Å². The summed E-state index contributed by atoms with van der Waals surface area (Å²) in [5.74, 6) is -0.592.